The second kappa shape index (κ2) is 8.75. The summed E-state index contributed by atoms with van der Waals surface area (Å²) in [4.78, 5) is 30.0. The molecule has 2 aliphatic rings. The lowest BCUT2D eigenvalue weighted by Gasteiger charge is -2.40. The van der Waals surface area contributed by atoms with E-state index in [1.807, 2.05) is 0 Å². The third-order valence-corrected chi connectivity index (χ3v) is 6.61. The van der Waals surface area contributed by atoms with E-state index in [1.165, 1.54) is 12.3 Å². The van der Waals surface area contributed by atoms with E-state index in [0.29, 0.717) is 15.8 Å². The summed E-state index contributed by atoms with van der Waals surface area (Å²) in [5.74, 6) is 0.930. The minimum Gasteiger partial charge on any atom is -0.476 e. The highest BCUT2D eigenvalue weighted by atomic mass is 35.5. The number of carbonyl (C=O) groups excluding carboxylic acids is 1. The fraction of sp³-hybridized carbons (Fsp3) is 0.455. The van der Waals surface area contributed by atoms with E-state index in [2.05, 4.69) is 15.2 Å². The van der Waals surface area contributed by atoms with Crippen molar-refractivity contribution >= 4 is 40.6 Å². The van der Waals surface area contributed by atoms with Crippen molar-refractivity contribution in [3.05, 3.63) is 56.7 Å². The molecule has 2 saturated heterocycles. The minimum atomic E-state index is -1.12. The van der Waals surface area contributed by atoms with E-state index in [1.54, 1.807) is 38.1 Å². The first-order chi connectivity index (χ1) is 15.1. The zero-order chi connectivity index (χ0) is 23.0. The van der Waals surface area contributed by atoms with Crippen LogP contribution in [0, 0.1) is 10.1 Å². The van der Waals surface area contributed by atoms with Gasteiger partial charge >= 0.3 is 0 Å². The van der Waals surface area contributed by atoms with Crippen LogP contribution >= 0.6 is 23.2 Å². The normalized spacial score (nSPS) is 22.5. The molecular formula is C22H24Cl2N4O4. The van der Waals surface area contributed by atoms with Gasteiger partial charge in [-0.25, -0.2) is 4.98 Å². The van der Waals surface area contributed by atoms with Crippen LogP contribution in [-0.2, 0) is 4.79 Å². The van der Waals surface area contributed by atoms with Crippen molar-refractivity contribution in [2.75, 3.05) is 4.90 Å². The van der Waals surface area contributed by atoms with E-state index in [4.69, 9.17) is 27.9 Å². The number of rotatable bonds is 6. The lowest BCUT2D eigenvalue weighted by atomic mass is 9.96. The number of nitrogens with zero attached hydrogens (tertiary/aromatic N) is 3. The van der Waals surface area contributed by atoms with Crippen LogP contribution in [-0.4, -0.2) is 39.5 Å². The summed E-state index contributed by atoms with van der Waals surface area (Å²) in [5, 5.41) is 14.9. The Morgan fingerprint density at radius 2 is 1.91 bits per heavy atom. The maximum atomic E-state index is 13.0. The summed E-state index contributed by atoms with van der Waals surface area (Å²) in [6, 6.07) is 8.54. The second-order valence-corrected chi connectivity index (χ2v) is 9.60. The number of amides is 1. The molecule has 2 aromatic rings. The number of anilines is 1. The van der Waals surface area contributed by atoms with E-state index in [9.17, 15) is 14.9 Å². The Hall–Kier alpha value is -2.58. The van der Waals surface area contributed by atoms with Crippen LogP contribution in [0.15, 0.2) is 36.5 Å². The van der Waals surface area contributed by atoms with Crippen molar-refractivity contribution in [3.63, 3.8) is 0 Å². The van der Waals surface area contributed by atoms with Gasteiger partial charge in [-0.05, 0) is 63.8 Å². The third-order valence-electron chi connectivity index (χ3n) is 6.08. The number of benzene rings is 1. The zero-order valence-electron chi connectivity index (χ0n) is 17.8. The molecule has 1 N–H and O–H groups in total. The number of piperidine rings is 1. The van der Waals surface area contributed by atoms with Gasteiger partial charge in [0.25, 0.3) is 11.6 Å². The molecule has 0 spiro atoms. The molecule has 1 amide bonds. The Balaban J connectivity index is 1.40. The highest BCUT2D eigenvalue weighted by Crippen LogP contribution is 2.39. The summed E-state index contributed by atoms with van der Waals surface area (Å²) < 4.78 is 5.90. The quantitative estimate of drug-likeness (QED) is 0.474. The van der Waals surface area contributed by atoms with Gasteiger partial charge in [-0.2, -0.15) is 0 Å². The number of aromatic nitrogens is 1. The van der Waals surface area contributed by atoms with Gasteiger partial charge in [0.1, 0.15) is 17.8 Å². The summed E-state index contributed by atoms with van der Waals surface area (Å²) >= 11 is 12.1. The van der Waals surface area contributed by atoms with Crippen molar-refractivity contribution < 1.29 is 14.5 Å². The van der Waals surface area contributed by atoms with Crippen LogP contribution in [0.4, 0.5) is 11.5 Å². The maximum Gasteiger partial charge on any atom is 0.287 e. The lowest BCUT2D eigenvalue weighted by Crippen LogP contribution is -2.55. The molecule has 1 unspecified atom stereocenters. The summed E-state index contributed by atoms with van der Waals surface area (Å²) in [5.41, 5.74) is -1.14. The lowest BCUT2D eigenvalue weighted by molar-refractivity contribution is -0.385. The molecule has 0 radical (unpaired) electrons. The minimum absolute atomic E-state index is 0.0119. The first-order valence-corrected chi connectivity index (χ1v) is 11.2. The molecule has 170 valence electrons. The molecule has 2 bridgehead atoms. The van der Waals surface area contributed by atoms with Crippen molar-refractivity contribution in [2.45, 2.75) is 63.3 Å². The van der Waals surface area contributed by atoms with Crippen LogP contribution in [0.25, 0.3) is 0 Å². The van der Waals surface area contributed by atoms with Gasteiger partial charge < -0.3 is 15.0 Å². The van der Waals surface area contributed by atoms with Gasteiger partial charge in [-0.15, -0.1) is 0 Å². The molecule has 0 saturated carbocycles. The van der Waals surface area contributed by atoms with E-state index >= 15 is 0 Å². The molecule has 8 nitrogen and oxygen atoms in total. The molecule has 1 aromatic heterocycles. The highest BCUT2D eigenvalue weighted by Gasteiger charge is 2.43. The van der Waals surface area contributed by atoms with E-state index < -0.39 is 10.5 Å². The van der Waals surface area contributed by atoms with Gasteiger partial charge in [0.15, 0.2) is 5.60 Å². The SMILES string of the molecule is CC(C)(Oc1ccc(Cl)cc1Cl)C(=O)NC1C[C@H]2CC[C@@H](C1)N2c1ccc([N+](=O)[O-])cn1. The molecule has 3 heterocycles. The molecule has 2 aliphatic heterocycles. The van der Waals surface area contributed by atoms with Gasteiger partial charge in [0.05, 0.1) is 9.95 Å². The molecule has 3 atom stereocenters. The standard InChI is InChI=1S/C22H24Cl2N4O4/c1-22(2,32-19-7-3-13(23)9-18(19)24)21(29)26-14-10-15-4-5-16(11-14)27(15)20-8-6-17(12-25-20)28(30)31/h3,6-9,12,14-16H,4-5,10-11H2,1-2H3,(H,26,29)/t14?,15-,16+. The molecule has 4 rings (SSSR count). The average Bonchev–Trinajstić information content (AvgIpc) is 3.00. The van der Waals surface area contributed by atoms with Crippen molar-refractivity contribution in [1.29, 1.82) is 0 Å². The van der Waals surface area contributed by atoms with Crippen molar-refractivity contribution in [2.24, 2.45) is 0 Å². The summed E-state index contributed by atoms with van der Waals surface area (Å²) in [7, 11) is 0. The van der Waals surface area contributed by atoms with Crippen LogP contribution in [0.1, 0.15) is 39.5 Å². The number of halogens is 2. The Labute approximate surface area is 196 Å². The smallest absolute Gasteiger partial charge is 0.287 e. The second-order valence-electron chi connectivity index (χ2n) is 8.75. The zero-order valence-corrected chi connectivity index (χ0v) is 19.3. The Morgan fingerprint density at radius 3 is 2.47 bits per heavy atom. The Morgan fingerprint density at radius 1 is 1.22 bits per heavy atom. The van der Waals surface area contributed by atoms with E-state index in [-0.39, 0.29) is 29.7 Å². The first-order valence-electron chi connectivity index (χ1n) is 10.5. The Kier molecular flexibility index (Phi) is 6.18. The fourth-order valence-electron chi connectivity index (χ4n) is 4.55. The molecular weight excluding hydrogens is 455 g/mol. The van der Waals surface area contributed by atoms with E-state index in [0.717, 1.165) is 31.5 Å². The predicted octanol–water partition coefficient (Wildman–Crippen LogP) is 4.77. The van der Waals surface area contributed by atoms with Gasteiger partial charge in [0.2, 0.25) is 0 Å². The Bertz CT molecular complexity index is 1020. The maximum absolute atomic E-state index is 13.0. The van der Waals surface area contributed by atoms with Gasteiger partial charge in [-0.1, -0.05) is 23.2 Å². The number of hydrogen-bond acceptors (Lipinski definition) is 6. The molecule has 2 fully saturated rings. The average molecular weight is 479 g/mol. The number of ether oxygens (including phenoxy) is 1. The highest BCUT2D eigenvalue weighted by molar-refractivity contribution is 6.35. The molecule has 32 heavy (non-hydrogen) atoms. The van der Waals surface area contributed by atoms with Crippen LogP contribution in [0.5, 0.6) is 5.75 Å². The third kappa shape index (κ3) is 4.61. The van der Waals surface area contributed by atoms with Crippen LogP contribution in [0.3, 0.4) is 0 Å². The number of pyridine rings is 1. The topological polar surface area (TPSA) is 97.6 Å². The van der Waals surface area contributed by atoms with Gasteiger partial charge in [-0.3, -0.25) is 14.9 Å². The van der Waals surface area contributed by atoms with Crippen molar-refractivity contribution in [1.82, 2.24) is 10.3 Å². The number of fused-ring (bicyclic) bond motifs is 2. The number of hydrogen-bond donors (Lipinski definition) is 1. The molecule has 0 aliphatic carbocycles. The molecule has 1 aromatic carbocycles. The first kappa shape index (κ1) is 22.6. The number of nitro groups is 1. The van der Waals surface area contributed by atoms with Crippen LogP contribution in [0.2, 0.25) is 10.0 Å². The fourth-order valence-corrected chi connectivity index (χ4v) is 4.99. The molecule has 10 heteroatoms. The van der Waals surface area contributed by atoms with Gasteiger partial charge in [0, 0.05) is 29.2 Å². The largest absolute Gasteiger partial charge is 0.476 e. The number of carbonyl (C=O) groups is 1. The predicted molar refractivity (Wildman–Crippen MR) is 123 cm³/mol. The number of nitrogens with one attached hydrogen (secondary N) is 1. The summed E-state index contributed by atoms with van der Waals surface area (Å²) in [6.07, 6.45) is 4.84. The monoisotopic (exact) mass is 478 g/mol. The summed E-state index contributed by atoms with van der Waals surface area (Å²) in [6.45, 7) is 3.41. The van der Waals surface area contributed by atoms with Crippen LogP contribution < -0.4 is 15.0 Å². The van der Waals surface area contributed by atoms with Crippen molar-refractivity contribution in [3.8, 4) is 5.75 Å².